The Morgan fingerprint density at radius 2 is 1.76 bits per heavy atom. The molecule has 2 heterocycles. The van der Waals surface area contributed by atoms with E-state index in [1.807, 2.05) is 54.6 Å². The molecule has 0 radical (unpaired) electrons. The van der Waals surface area contributed by atoms with Gasteiger partial charge in [0.2, 0.25) is 11.1 Å². The zero-order valence-corrected chi connectivity index (χ0v) is 19.1. The van der Waals surface area contributed by atoms with Crippen molar-refractivity contribution in [3.8, 4) is 22.9 Å². The van der Waals surface area contributed by atoms with E-state index >= 15 is 0 Å². The van der Waals surface area contributed by atoms with Crippen LogP contribution in [0.5, 0.6) is 11.5 Å². The number of aromatic amines is 1. The Hall–Kier alpha value is -3.72. The number of furan rings is 1. The second-order valence-electron chi connectivity index (χ2n) is 7.13. The number of hydrogen-bond acceptors (Lipinski definition) is 7. The van der Waals surface area contributed by atoms with Crippen molar-refractivity contribution in [1.29, 1.82) is 0 Å². The predicted octanol–water partition coefficient (Wildman–Crippen LogP) is 4.62. The van der Waals surface area contributed by atoms with Crippen LogP contribution in [0.15, 0.2) is 76.5 Å². The van der Waals surface area contributed by atoms with Gasteiger partial charge in [0.25, 0.3) is 0 Å². The molecule has 1 amide bonds. The highest BCUT2D eigenvalue weighted by Crippen LogP contribution is 2.37. The van der Waals surface area contributed by atoms with Crippen molar-refractivity contribution in [2.75, 3.05) is 14.2 Å². The van der Waals surface area contributed by atoms with E-state index in [1.54, 1.807) is 26.5 Å². The monoisotopic (exact) mass is 464 g/mol. The quantitative estimate of drug-likeness (QED) is 0.330. The van der Waals surface area contributed by atoms with Crippen molar-refractivity contribution in [3.63, 3.8) is 0 Å². The zero-order chi connectivity index (χ0) is 23.0. The van der Waals surface area contributed by atoms with Gasteiger partial charge in [-0.05, 0) is 54.1 Å². The van der Waals surface area contributed by atoms with E-state index in [2.05, 4.69) is 20.5 Å². The smallest absolute Gasteiger partial charge is 0.221 e. The molecule has 33 heavy (non-hydrogen) atoms. The van der Waals surface area contributed by atoms with Crippen molar-refractivity contribution < 1.29 is 18.7 Å². The van der Waals surface area contributed by atoms with Crippen molar-refractivity contribution in [1.82, 2.24) is 20.5 Å². The second-order valence-corrected chi connectivity index (χ2v) is 8.30. The Labute approximate surface area is 195 Å². The molecule has 1 unspecified atom stereocenters. The number of nitrogens with zero attached hydrogens (tertiary/aromatic N) is 2. The summed E-state index contributed by atoms with van der Waals surface area (Å²) in [4.78, 5) is 17.3. The fourth-order valence-electron chi connectivity index (χ4n) is 3.19. The minimum Gasteiger partial charge on any atom is -0.497 e. The highest BCUT2D eigenvalue weighted by molar-refractivity contribution is 7.99. The number of hydrogen-bond donors (Lipinski definition) is 2. The van der Waals surface area contributed by atoms with Gasteiger partial charge in [-0.1, -0.05) is 23.9 Å². The second kappa shape index (κ2) is 10.7. The molecule has 2 N–H and O–H groups in total. The lowest BCUT2D eigenvalue weighted by Gasteiger charge is -2.15. The molecule has 4 rings (SSSR count). The average molecular weight is 465 g/mol. The molecule has 2 aromatic carbocycles. The average Bonchev–Trinajstić information content (AvgIpc) is 3.55. The zero-order valence-electron chi connectivity index (χ0n) is 18.3. The standard InChI is InChI=1S/C24H24N4O4S/c1-30-18-9-5-16(6-10-18)21(14-22(29)25-15-20-4-3-13-32-20)33-24-26-23(27-28-24)17-7-11-19(31-2)12-8-17/h3-13,21H,14-15H2,1-2H3,(H,25,29)(H,26,27,28). The van der Waals surface area contributed by atoms with Crippen LogP contribution in [0.2, 0.25) is 0 Å². The molecule has 170 valence electrons. The highest BCUT2D eigenvalue weighted by atomic mass is 32.2. The molecule has 2 aromatic heterocycles. The first-order chi connectivity index (χ1) is 16.1. The summed E-state index contributed by atoms with van der Waals surface area (Å²) in [6.07, 6.45) is 1.84. The van der Waals surface area contributed by atoms with Crippen LogP contribution in [0.1, 0.15) is 23.0 Å². The van der Waals surface area contributed by atoms with E-state index in [0.29, 0.717) is 23.3 Å². The van der Waals surface area contributed by atoms with Gasteiger partial charge in [0.15, 0.2) is 5.82 Å². The summed E-state index contributed by atoms with van der Waals surface area (Å²) >= 11 is 1.43. The van der Waals surface area contributed by atoms with Crippen LogP contribution in [0.3, 0.4) is 0 Å². The third-order valence-electron chi connectivity index (χ3n) is 4.97. The maximum atomic E-state index is 12.7. The van der Waals surface area contributed by atoms with Crippen molar-refractivity contribution >= 4 is 17.7 Å². The van der Waals surface area contributed by atoms with E-state index in [1.165, 1.54) is 11.8 Å². The molecule has 9 heteroatoms. The molecule has 4 aromatic rings. The number of amides is 1. The van der Waals surface area contributed by atoms with Gasteiger partial charge in [0, 0.05) is 17.2 Å². The van der Waals surface area contributed by atoms with Gasteiger partial charge in [-0.2, -0.15) is 0 Å². The van der Waals surface area contributed by atoms with Gasteiger partial charge in [-0.15, -0.1) is 5.10 Å². The fourth-order valence-corrected chi connectivity index (χ4v) is 4.21. The number of rotatable bonds is 10. The first kappa shape index (κ1) is 22.5. The van der Waals surface area contributed by atoms with Gasteiger partial charge in [-0.25, -0.2) is 4.98 Å². The number of carbonyl (C=O) groups is 1. The molecule has 0 aliphatic carbocycles. The van der Waals surface area contributed by atoms with Crippen LogP contribution in [0, 0.1) is 0 Å². The minimum atomic E-state index is -0.188. The first-order valence-corrected chi connectivity index (χ1v) is 11.2. The Bertz CT molecular complexity index is 1160. The molecule has 1 atom stereocenters. The van der Waals surface area contributed by atoms with E-state index in [-0.39, 0.29) is 17.6 Å². The van der Waals surface area contributed by atoms with Crippen LogP contribution >= 0.6 is 11.8 Å². The van der Waals surface area contributed by atoms with Crippen LogP contribution in [0.25, 0.3) is 11.4 Å². The van der Waals surface area contributed by atoms with E-state index in [4.69, 9.17) is 13.9 Å². The molecule has 0 aliphatic heterocycles. The number of thioether (sulfide) groups is 1. The summed E-state index contributed by atoms with van der Waals surface area (Å²) in [6, 6.07) is 18.8. The molecular formula is C24H24N4O4S. The van der Waals surface area contributed by atoms with Gasteiger partial charge in [0.1, 0.15) is 17.3 Å². The summed E-state index contributed by atoms with van der Waals surface area (Å²) in [5.74, 6) is 2.79. The molecule has 0 saturated carbocycles. The van der Waals surface area contributed by atoms with Gasteiger partial charge in [-0.3, -0.25) is 9.89 Å². The number of nitrogens with one attached hydrogen (secondary N) is 2. The Balaban J connectivity index is 1.48. The number of benzene rings is 2. The maximum absolute atomic E-state index is 12.7. The lowest BCUT2D eigenvalue weighted by Crippen LogP contribution is -2.23. The molecule has 0 saturated heterocycles. The molecule has 8 nitrogen and oxygen atoms in total. The Kier molecular flexibility index (Phi) is 7.31. The lowest BCUT2D eigenvalue weighted by atomic mass is 10.1. The number of aromatic nitrogens is 3. The number of H-pyrrole nitrogens is 1. The summed E-state index contributed by atoms with van der Waals surface area (Å²) in [6.45, 7) is 0.341. The van der Waals surface area contributed by atoms with Crippen molar-refractivity contribution in [3.05, 3.63) is 78.3 Å². The van der Waals surface area contributed by atoms with Crippen LogP contribution in [-0.2, 0) is 11.3 Å². The van der Waals surface area contributed by atoms with E-state index in [9.17, 15) is 4.79 Å². The number of ether oxygens (including phenoxy) is 2. The third kappa shape index (κ3) is 5.95. The third-order valence-corrected chi connectivity index (χ3v) is 6.09. The molecule has 0 fully saturated rings. The SMILES string of the molecule is COc1ccc(-c2nc(SC(CC(=O)NCc3ccco3)c3ccc(OC)cc3)n[nH]2)cc1. The maximum Gasteiger partial charge on any atom is 0.221 e. The number of carbonyl (C=O) groups excluding carboxylic acids is 1. The van der Waals surface area contributed by atoms with E-state index < -0.39 is 0 Å². The summed E-state index contributed by atoms with van der Waals surface area (Å²) < 4.78 is 15.8. The van der Waals surface area contributed by atoms with Crippen LogP contribution < -0.4 is 14.8 Å². The predicted molar refractivity (Wildman–Crippen MR) is 125 cm³/mol. The summed E-state index contributed by atoms with van der Waals surface area (Å²) in [5.41, 5.74) is 1.87. The van der Waals surface area contributed by atoms with Gasteiger partial charge >= 0.3 is 0 Å². The van der Waals surface area contributed by atoms with Crippen LogP contribution in [-0.4, -0.2) is 35.3 Å². The highest BCUT2D eigenvalue weighted by Gasteiger charge is 2.20. The lowest BCUT2D eigenvalue weighted by molar-refractivity contribution is -0.121. The van der Waals surface area contributed by atoms with Gasteiger partial charge in [0.05, 0.1) is 27.0 Å². The molecular weight excluding hydrogens is 440 g/mol. The van der Waals surface area contributed by atoms with Crippen molar-refractivity contribution in [2.45, 2.75) is 23.4 Å². The van der Waals surface area contributed by atoms with Crippen LogP contribution in [0.4, 0.5) is 0 Å². The van der Waals surface area contributed by atoms with E-state index in [0.717, 1.165) is 22.6 Å². The Morgan fingerprint density at radius 1 is 1.06 bits per heavy atom. The van der Waals surface area contributed by atoms with Crippen molar-refractivity contribution in [2.24, 2.45) is 0 Å². The largest absolute Gasteiger partial charge is 0.497 e. The molecule has 0 spiro atoms. The summed E-state index contributed by atoms with van der Waals surface area (Å²) in [7, 11) is 3.25. The number of methoxy groups -OCH3 is 2. The Morgan fingerprint density at radius 3 is 2.39 bits per heavy atom. The minimum absolute atomic E-state index is 0.0920. The fraction of sp³-hybridized carbons (Fsp3) is 0.208. The summed E-state index contributed by atoms with van der Waals surface area (Å²) in [5, 5.41) is 10.6. The first-order valence-electron chi connectivity index (χ1n) is 10.3. The normalized spacial score (nSPS) is 11.7. The molecule has 0 aliphatic rings. The van der Waals surface area contributed by atoms with Gasteiger partial charge < -0.3 is 19.2 Å². The topological polar surface area (TPSA) is 102 Å². The molecule has 0 bridgehead atoms.